The number of hydrogen-bond donors (Lipinski definition) is 0. The molecule has 0 N–H and O–H groups in total. The van der Waals surface area contributed by atoms with E-state index in [-0.39, 0.29) is 11.2 Å². The summed E-state index contributed by atoms with van der Waals surface area (Å²) in [4.78, 5) is 15.9. The first-order valence-corrected chi connectivity index (χ1v) is 6.70. The van der Waals surface area contributed by atoms with Gasteiger partial charge in [-0.15, -0.1) is 0 Å². The van der Waals surface area contributed by atoms with Crippen molar-refractivity contribution in [2.75, 3.05) is 0 Å². The number of benzene rings is 1. The molecule has 0 aliphatic carbocycles. The third kappa shape index (κ3) is 3.64. The van der Waals surface area contributed by atoms with E-state index < -0.39 is 0 Å². The van der Waals surface area contributed by atoms with E-state index in [9.17, 15) is 4.79 Å². The summed E-state index contributed by atoms with van der Waals surface area (Å²) in [5, 5.41) is 0. The number of nitrogens with zero attached hydrogens (tertiary/aromatic N) is 1. The number of aromatic nitrogens is 1. The van der Waals surface area contributed by atoms with Gasteiger partial charge in [0, 0.05) is 18.0 Å². The van der Waals surface area contributed by atoms with Crippen LogP contribution in [0.4, 0.5) is 0 Å². The molecule has 0 unspecified atom stereocenters. The Labute approximate surface area is 120 Å². The zero-order valence-electron chi connectivity index (χ0n) is 12.1. The van der Waals surface area contributed by atoms with Crippen LogP contribution in [0.3, 0.4) is 0 Å². The van der Waals surface area contributed by atoms with Crippen molar-refractivity contribution in [1.29, 1.82) is 0 Å². The Balaban J connectivity index is 2.11. The monoisotopic (exact) mass is 265 g/mol. The molecule has 0 aliphatic rings. The van der Waals surface area contributed by atoms with E-state index in [4.69, 9.17) is 0 Å². The molecule has 0 spiro atoms. The molecule has 2 heteroatoms. The summed E-state index contributed by atoms with van der Waals surface area (Å²) < 4.78 is 0. The van der Waals surface area contributed by atoms with Crippen molar-refractivity contribution >= 4 is 11.9 Å². The molecular weight excluding hydrogens is 246 g/mol. The summed E-state index contributed by atoms with van der Waals surface area (Å²) in [6, 6.07) is 11.8. The molecule has 1 aromatic heterocycles. The van der Waals surface area contributed by atoms with Crippen LogP contribution in [0.25, 0.3) is 6.08 Å². The summed E-state index contributed by atoms with van der Waals surface area (Å²) in [6.45, 7) is 6.55. The number of pyridine rings is 1. The summed E-state index contributed by atoms with van der Waals surface area (Å²) in [6.07, 6.45) is 6.66. The van der Waals surface area contributed by atoms with Crippen molar-refractivity contribution < 1.29 is 4.79 Å². The Bertz CT molecular complexity index is 604. The van der Waals surface area contributed by atoms with E-state index in [1.165, 1.54) is 5.56 Å². The first-order chi connectivity index (χ1) is 9.47. The van der Waals surface area contributed by atoms with Gasteiger partial charge in [-0.05, 0) is 34.8 Å². The average molecular weight is 265 g/mol. The van der Waals surface area contributed by atoms with Gasteiger partial charge >= 0.3 is 0 Å². The van der Waals surface area contributed by atoms with Gasteiger partial charge in [0.15, 0.2) is 5.78 Å². The summed E-state index contributed by atoms with van der Waals surface area (Å²) in [5.74, 6) is -0.0296. The van der Waals surface area contributed by atoms with E-state index in [0.717, 1.165) is 5.56 Å². The zero-order valence-corrected chi connectivity index (χ0v) is 12.1. The Hall–Kier alpha value is -2.22. The molecule has 1 aromatic carbocycles. The van der Waals surface area contributed by atoms with E-state index in [0.29, 0.717) is 5.56 Å². The summed E-state index contributed by atoms with van der Waals surface area (Å²) >= 11 is 0. The molecule has 0 bridgehead atoms. The smallest absolute Gasteiger partial charge is 0.187 e. The van der Waals surface area contributed by atoms with Crippen molar-refractivity contribution in [2.45, 2.75) is 26.2 Å². The van der Waals surface area contributed by atoms with Gasteiger partial charge in [0.25, 0.3) is 0 Å². The minimum Gasteiger partial charge on any atom is -0.289 e. The Morgan fingerprint density at radius 1 is 1.10 bits per heavy atom. The molecule has 0 amide bonds. The molecule has 102 valence electrons. The van der Waals surface area contributed by atoms with Crippen LogP contribution in [-0.2, 0) is 5.41 Å². The quantitative estimate of drug-likeness (QED) is 0.612. The Kier molecular flexibility index (Phi) is 4.14. The van der Waals surface area contributed by atoms with Crippen molar-refractivity contribution in [3.63, 3.8) is 0 Å². The first-order valence-electron chi connectivity index (χ1n) is 6.70. The van der Waals surface area contributed by atoms with Gasteiger partial charge in [-0.3, -0.25) is 9.78 Å². The van der Waals surface area contributed by atoms with Gasteiger partial charge in [-0.2, -0.15) is 0 Å². The number of rotatable bonds is 3. The van der Waals surface area contributed by atoms with Crippen LogP contribution < -0.4 is 0 Å². The number of carbonyl (C=O) groups is 1. The molecule has 0 radical (unpaired) electrons. The maximum Gasteiger partial charge on any atom is 0.187 e. The molecule has 20 heavy (non-hydrogen) atoms. The van der Waals surface area contributed by atoms with E-state index in [2.05, 4.69) is 37.9 Å². The summed E-state index contributed by atoms with van der Waals surface area (Å²) in [5.41, 5.74) is 3.06. The SMILES string of the molecule is CC(C)(C)c1ccc(/C=C/C(=O)c2cccnc2)cc1. The van der Waals surface area contributed by atoms with E-state index >= 15 is 0 Å². The third-order valence-electron chi connectivity index (χ3n) is 3.15. The second-order valence-corrected chi connectivity index (χ2v) is 5.81. The molecule has 2 nitrogen and oxygen atoms in total. The van der Waals surface area contributed by atoms with Crippen LogP contribution in [0, 0.1) is 0 Å². The topological polar surface area (TPSA) is 30.0 Å². The Morgan fingerprint density at radius 3 is 2.35 bits per heavy atom. The highest BCUT2D eigenvalue weighted by Gasteiger charge is 2.12. The lowest BCUT2D eigenvalue weighted by Gasteiger charge is -2.18. The molecule has 1 heterocycles. The highest BCUT2D eigenvalue weighted by Crippen LogP contribution is 2.22. The lowest BCUT2D eigenvalue weighted by molar-refractivity contribution is 0.104. The molecule has 2 rings (SSSR count). The normalized spacial score (nSPS) is 11.8. The average Bonchev–Trinajstić information content (AvgIpc) is 2.45. The second-order valence-electron chi connectivity index (χ2n) is 5.81. The van der Waals surface area contributed by atoms with E-state index in [1.54, 1.807) is 30.6 Å². The lowest BCUT2D eigenvalue weighted by Crippen LogP contribution is -2.10. The highest BCUT2D eigenvalue weighted by molar-refractivity contribution is 6.06. The maximum atomic E-state index is 11.9. The van der Waals surface area contributed by atoms with Crippen LogP contribution in [0.15, 0.2) is 54.9 Å². The highest BCUT2D eigenvalue weighted by atomic mass is 16.1. The Morgan fingerprint density at radius 2 is 1.80 bits per heavy atom. The van der Waals surface area contributed by atoms with Crippen LogP contribution >= 0.6 is 0 Å². The number of carbonyl (C=O) groups excluding carboxylic acids is 1. The van der Waals surface area contributed by atoms with Gasteiger partial charge in [0.2, 0.25) is 0 Å². The van der Waals surface area contributed by atoms with Gasteiger partial charge in [0.05, 0.1) is 0 Å². The summed E-state index contributed by atoms with van der Waals surface area (Å²) in [7, 11) is 0. The van der Waals surface area contributed by atoms with Crippen molar-refractivity contribution in [1.82, 2.24) is 4.98 Å². The van der Waals surface area contributed by atoms with Crippen LogP contribution in [0.2, 0.25) is 0 Å². The van der Waals surface area contributed by atoms with Crippen LogP contribution in [0.5, 0.6) is 0 Å². The maximum absolute atomic E-state index is 11.9. The van der Waals surface area contributed by atoms with Crippen molar-refractivity contribution in [3.8, 4) is 0 Å². The first kappa shape index (κ1) is 14.2. The van der Waals surface area contributed by atoms with Gasteiger partial charge in [-0.25, -0.2) is 0 Å². The fourth-order valence-corrected chi connectivity index (χ4v) is 1.87. The largest absolute Gasteiger partial charge is 0.289 e. The molecule has 0 aliphatic heterocycles. The zero-order chi connectivity index (χ0) is 14.6. The number of hydrogen-bond acceptors (Lipinski definition) is 2. The van der Waals surface area contributed by atoms with Gasteiger partial charge in [0.1, 0.15) is 0 Å². The molecule has 0 atom stereocenters. The second kappa shape index (κ2) is 5.83. The fraction of sp³-hybridized carbons (Fsp3) is 0.222. The third-order valence-corrected chi connectivity index (χ3v) is 3.15. The standard InChI is InChI=1S/C18H19NO/c1-18(2,3)16-9-6-14(7-10-16)8-11-17(20)15-5-4-12-19-13-15/h4-13H,1-3H3/b11-8+. The van der Waals surface area contributed by atoms with Gasteiger partial charge < -0.3 is 0 Å². The number of allylic oxidation sites excluding steroid dienone is 1. The lowest BCUT2D eigenvalue weighted by atomic mass is 9.87. The van der Waals surface area contributed by atoms with Crippen molar-refractivity contribution in [3.05, 3.63) is 71.6 Å². The predicted molar refractivity (Wildman–Crippen MR) is 82.7 cm³/mol. The minimum absolute atomic E-state index is 0.0296. The molecule has 2 aromatic rings. The minimum atomic E-state index is -0.0296. The van der Waals surface area contributed by atoms with Crippen LogP contribution in [-0.4, -0.2) is 10.8 Å². The predicted octanol–water partition coefficient (Wildman–Crippen LogP) is 4.28. The number of ketones is 1. The molecular formula is C18H19NO. The molecule has 0 saturated heterocycles. The van der Waals surface area contributed by atoms with Gasteiger partial charge in [-0.1, -0.05) is 51.1 Å². The molecule has 0 saturated carbocycles. The molecule has 0 fully saturated rings. The van der Waals surface area contributed by atoms with E-state index in [1.807, 2.05) is 18.2 Å². The van der Waals surface area contributed by atoms with Crippen molar-refractivity contribution in [2.24, 2.45) is 0 Å². The van der Waals surface area contributed by atoms with Crippen LogP contribution in [0.1, 0.15) is 42.3 Å². The fourth-order valence-electron chi connectivity index (χ4n) is 1.87.